The van der Waals surface area contributed by atoms with Crippen LogP contribution in [0.1, 0.15) is 50.8 Å². The van der Waals surface area contributed by atoms with Gasteiger partial charge in [0.25, 0.3) is 0 Å². The van der Waals surface area contributed by atoms with E-state index in [9.17, 15) is 9.90 Å². The number of carbonyl (C=O) groups is 1. The van der Waals surface area contributed by atoms with Crippen LogP contribution in [0.2, 0.25) is 0 Å². The highest BCUT2D eigenvalue weighted by atomic mass is 16.3. The minimum atomic E-state index is 0.0813. The van der Waals surface area contributed by atoms with E-state index >= 15 is 0 Å². The van der Waals surface area contributed by atoms with Gasteiger partial charge in [0.1, 0.15) is 5.75 Å². The van der Waals surface area contributed by atoms with Gasteiger partial charge in [-0.1, -0.05) is 13.0 Å². The van der Waals surface area contributed by atoms with Crippen molar-refractivity contribution in [1.29, 1.82) is 0 Å². The van der Waals surface area contributed by atoms with Crippen LogP contribution >= 0.6 is 0 Å². The number of likely N-dealkylation sites (N-methyl/N-ethyl adjacent to an activating group) is 1. The molecule has 1 aromatic carbocycles. The first kappa shape index (κ1) is 15.8. The fourth-order valence-electron chi connectivity index (χ4n) is 3.15. The standard InChI is InChI=1S/C17H26N2O2/c1-4-19(11-17(21)18-12(2)3)16-7-5-6-13-10-14(20)8-9-15(13)16/h8-10,12,16,20H,4-7,11H2,1-3H3,(H,18,21). The van der Waals surface area contributed by atoms with Crippen molar-refractivity contribution in [2.45, 2.75) is 52.1 Å². The Bertz CT molecular complexity index is 500. The Hall–Kier alpha value is -1.55. The molecule has 0 aliphatic heterocycles. The molecular weight excluding hydrogens is 264 g/mol. The van der Waals surface area contributed by atoms with E-state index in [0.29, 0.717) is 12.3 Å². The van der Waals surface area contributed by atoms with E-state index in [1.807, 2.05) is 26.0 Å². The first-order chi connectivity index (χ1) is 10.0. The van der Waals surface area contributed by atoms with Gasteiger partial charge in [-0.3, -0.25) is 9.69 Å². The van der Waals surface area contributed by atoms with Gasteiger partial charge in [0, 0.05) is 12.1 Å². The van der Waals surface area contributed by atoms with Crippen LogP contribution in [0.4, 0.5) is 0 Å². The highest BCUT2D eigenvalue weighted by molar-refractivity contribution is 5.78. The lowest BCUT2D eigenvalue weighted by Crippen LogP contribution is -2.42. The van der Waals surface area contributed by atoms with Gasteiger partial charge in [0.2, 0.25) is 5.91 Å². The zero-order valence-corrected chi connectivity index (χ0v) is 13.2. The van der Waals surface area contributed by atoms with E-state index < -0.39 is 0 Å². The monoisotopic (exact) mass is 290 g/mol. The van der Waals surface area contributed by atoms with Crippen LogP contribution < -0.4 is 5.32 Å². The van der Waals surface area contributed by atoms with Gasteiger partial charge in [0.15, 0.2) is 0 Å². The van der Waals surface area contributed by atoms with E-state index in [-0.39, 0.29) is 18.0 Å². The number of aromatic hydroxyl groups is 1. The molecule has 21 heavy (non-hydrogen) atoms. The third-order valence-electron chi connectivity index (χ3n) is 4.05. The first-order valence-corrected chi connectivity index (χ1v) is 7.86. The molecule has 1 atom stereocenters. The summed E-state index contributed by atoms with van der Waals surface area (Å²) in [6.07, 6.45) is 3.18. The summed E-state index contributed by atoms with van der Waals surface area (Å²) >= 11 is 0. The number of phenolic OH excluding ortho intramolecular Hbond substituents is 1. The predicted octanol–water partition coefficient (Wildman–Crippen LogP) is 2.62. The summed E-state index contributed by atoms with van der Waals surface area (Å²) in [6.45, 7) is 7.33. The van der Waals surface area contributed by atoms with Gasteiger partial charge >= 0.3 is 0 Å². The van der Waals surface area contributed by atoms with E-state index in [0.717, 1.165) is 25.8 Å². The number of aryl methyl sites for hydroxylation is 1. The number of benzene rings is 1. The van der Waals surface area contributed by atoms with Crippen LogP contribution in [0, 0.1) is 0 Å². The van der Waals surface area contributed by atoms with Crippen LogP contribution in [0.3, 0.4) is 0 Å². The van der Waals surface area contributed by atoms with Crippen molar-refractivity contribution in [1.82, 2.24) is 10.2 Å². The molecule has 4 nitrogen and oxygen atoms in total. The second-order valence-corrected chi connectivity index (χ2v) is 6.08. The summed E-state index contributed by atoms with van der Waals surface area (Å²) < 4.78 is 0. The third-order valence-corrected chi connectivity index (χ3v) is 4.05. The Labute approximate surface area is 127 Å². The molecule has 0 saturated heterocycles. The normalized spacial score (nSPS) is 17.9. The fraction of sp³-hybridized carbons (Fsp3) is 0.588. The highest BCUT2D eigenvalue weighted by Crippen LogP contribution is 2.35. The Kier molecular flexibility index (Phi) is 5.23. The number of carbonyl (C=O) groups excluding carboxylic acids is 1. The topological polar surface area (TPSA) is 52.6 Å². The van der Waals surface area contributed by atoms with Gasteiger partial charge in [-0.15, -0.1) is 0 Å². The number of hydrogen-bond acceptors (Lipinski definition) is 3. The van der Waals surface area contributed by atoms with E-state index in [1.165, 1.54) is 11.1 Å². The molecule has 1 unspecified atom stereocenters. The third kappa shape index (κ3) is 3.97. The van der Waals surface area contributed by atoms with E-state index in [2.05, 4.69) is 17.1 Å². The lowest BCUT2D eigenvalue weighted by molar-refractivity contribution is -0.123. The van der Waals surface area contributed by atoms with Gasteiger partial charge in [-0.2, -0.15) is 0 Å². The Morgan fingerprint density at radius 2 is 2.24 bits per heavy atom. The largest absolute Gasteiger partial charge is 0.508 e. The molecule has 4 heteroatoms. The Balaban J connectivity index is 2.14. The summed E-state index contributed by atoms with van der Waals surface area (Å²) in [7, 11) is 0. The lowest BCUT2D eigenvalue weighted by Gasteiger charge is -2.35. The molecule has 1 amide bonds. The average Bonchev–Trinajstić information content (AvgIpc) is 2.43. The number of phenols is 1. The van der Waals surface area contributed by atoms with Crippen molar-refractivity contribution >= 4 is 5.91 Å². The SMILES string of the molecule is CCN(CC(=O)NC(C)C)C1CCCc2cc(O)ccc21. The molecule has 0 aromatic heterocycles. The average molecular weight is 290 g/mol. The van der Waals surface area contributed by atoms with Crippen molar-refractivity contribution in [3.05, 3.63) is 29.3 Å². The number of nitrogens with zero attached hydrogens (tertiary/aromatic N) is 1. The van der Waals surface area contributed by atoms with Crippen molar-refractivity contribution < 1.29 is 9.90 Å². The smallest absolute Gasteiger partial charge is 0.234 e. The number of amides is 1. The zero-order chi connectivity index (χ0) is 15.4. The molecule has 116 valence electrons. The predicted molar refractivity (Wildman–Crippen MR) is 84.3 cm³/mol. The molecule has 2 N–H and O–H groups in total. The van der Waals surface area contributed by atoms with Crippen molar-refractivity contribution in [3.63, 3.8) is 0 Å². The zero-order valence-electron chi connectivity index (χ0n) is 13.2. The van der Waals surface area contributed by atoms with Crippen LogP contribution in [0.15, 0.2) is 18.2 Å². The molecule has 1 aliphatic rings. The summed E-state index contributed by atoms with van der Waals surface area (Å²) in [5.74, 6) is 0.410. The van der Waals surface area contributed by atoms with E-state index in [4.69, 9.17) is 0 Å². The molecule has 1 aromatic rings. The number of nitrogens with one attached hydrogen (secondary N) is 1. The van der Waals surface area contributed by atoms with Crippen LogP contribution in [0.25, 0.3) is 0 Å². The van der Waals surface area contributed by atoms with Gasteiger partial charge in [0.05, 0.1) is 6.54 Å². The Morgan fingerprint density at radius 3 is 2.90 bits per heavy atom. The quantitative estimate of drug-likeness (QED) is 0.876. The van der Waals surface area contributed by atoms with Crippen molar-refractivity contribution in [2.75, 3.05) is 13.1 Å². The van der Waals surface area contributed by atoms with Gasteiger partial charge in [-0.05, 0) is 62.9 Å². The van der Waals surface area contributed by atoms with Gasteiger partial charge < -0.3 is 10.4 Å². The number of rotatable bonds is 5. The molecule has 0 saturated carbocycles. The summed E-state index contributed by atoms with van der Waals surface area (Å²) in [5, 5.41) is 12.6. The van der Waals surface area contributed by atoms with Gasteiger partial charge in [-0.25, -0.2) is 0 Å². The van der Waals surface area contributed by atoms with E-state index in [1.54, 1.807) is 6.07 Å². The van der Waals surface area contributed by atoms with Crippen LogP contribution in [-0.4, -0.2) is 35.0 Å². The maximum atomic E-state index is 12.0. The second-order valence-electron chi connectivity index (χ2n) is 6.08. The molecular formula is C17H26N2O2. The number of fused-ring (bicyclic) bond motifs is 1. The highest BCUT2D eigenvalue weighted by Gasteiger charge is 2.26. The molecule has 0 radical (unpaired) electrons. The molecule has 1 aliphatic carbocycles. The summed E-state index contributed by atoms with van der Waals surface area (Å²) in [5.41, 5.74) is 2.48. The number of hydrogen-bond donors (Lipinski definition) is 2. The summed E-state index contributed by atoms with van der Waals surface area (Å²) in [4.78, 5) is 14.3. The lowest BCUT2D eigenvalue weighted by atomic mass is 9.86. The first-order valence-electron chi connectivity index (χ1n) is 7.86. The molecule has 0 spiro atoms. The second kappa shape index (κ2) is 6.94. The van der Waals surface area contributed by atoms with Crippen LogP contribution in [0.5, 0.6) is 5.75 Å². The maximum Gasteiger partial charge on any atom is 0.234 e. The Morgan fingerprint density at radius 1 is 1.48 bits per heavy atom. The molecule has 0 fully saturated rings. The van der Waals surface area contributed by atoms with Crippen molar-refractivity contribution in [2.24, 2.45) is 0 Å². The molecule has 0 heterocycles. The molecule has 2 rings (SSSR count). The van der Waals surface area contributed by atoms with Crippen LogP contribution in [-0.2, 0) is 11.2 Å². The molecule has 0 bridgehead atoms. The van der Waals surface area contributed by atoms with Crippen molar-refractivity contribution in [3.8, 4) is 5.75 Å². The summed E-state index contributed by atoms with van der Waals surface area (Å²) in [6, 6.07) is 6.07. The minimum absolute atomic E-state index is 0.0813. The fourth-order valence-corrected chi connectivity index (χ4v) is 3.15. The maximum absolute atomic E-state index is 12.0. The minimum Gasteiger partial charge on any atom is -0.508 e.